The highest BCUT2D eigenvalue weighted by Gasteiger charge is 2.30. The Morgan fingerprint density at radius 3 is 2.30 bits per heavy atom. The molecule has 0 bridgehead atoms. The first-order valence-corrected chi connectivity index (χ1v) is 11.0. The highest BCUT2D eigenvalue weighted by Crippen LogP contribution is 2.33. The maximum absolute atomic E-state index is 12.6. The van der Waals surface area contributed by atoms with E-state index < -0.39 is 4.92 Å². The first-order chi connectivity index (χ1) is 15.6. The number of pyridine rings is 1. The molecule has 9 nitrogen and oxygen atoms in total. The fourth-order valence-corrected chi connectivity index (χ4v) is 3.95. The molecule has 1 aromatic heterocycles. The Bertz CT molecular complexity index is 1020. The molecule has 1 aliphatic rings. The molecule has 0 unspecified atom stereocenters. The summed E-state index contributed by atoms with van der Waals surface area (Å²) in [5, 5.41) is 17.3. The van der Waals surface area contributed by atoms with Gasteiger partial charge in [0, 0.05) is 12.0 Å². The minimum absolute atomic E-state index is 0.0251. The van der Waals surface area contributed by atoms with Crippen molar-refractivity contribution in [3.05, 3.63) is 52.2 Å². The molecule has 1 aliphatic carbocycles. The average Bonchev–Trinajstić information content (AvgIpc) is 2.79. The van der Waals surface area contributed by atoms with E-state index in [1.807, 2.05) is 20.8 Å². The highest BCUT2D eigenvalue weighted by molar-refractivity contribution is 5.92. The number of esters is 1. The van der Waals surface area contributed by atoms with Crippen LogP contribution in [0.3, 0.4) is 0 Å². The second-order valence-electron chi connectivity index (χ2n) is 9.36. The molecule has 176 valence electrons. The van der Waals surface area contributed by atoms with Gasteiger partial charge in [0.25, 0.3) is 5.69 Å². The summed E-state index contributed by atoms with van der Waals surface area (Å²) in [6, 6.07) is 8.40. The molecule has 0 saturated heterocycles. The molecule has 9 heteroatoms. The number of nitrogens with zero attached hydrogens (tertiary/aromatic N) is 2. The minimum Gasteiger partial charge on any atom is -0.469 e. The van der Waals surface area contributed by atoms with E-state index in [1.165, 1.54) is 19.4 Å². The fourth-order valence-electron chi connectivity index (χ4n) is 3.95. The maximum Gasteiger partial charge on any atom is 0.308 e. The van der Waals surface area contributed by atoms with Gasteiger partial charge in [0.15, 0.2) is 0 Å². The van der Waals surface area contributed by atoms with Crippen LogP contribution in [0.2, 0.25) is 0 Å². The van der Waals surface area contributed by atoms with E-state index in [4.69, 9.17) is 4.74 Å². The predicted octanol–water partition coefficient (Wildman–Crippen LogP) is 4.95. The molecule has 0 aliphatic heterocycles. The number of nitrogens with one attached hydrogen (secondary N) is 2. The lowest BCUT2D eigenvalue weighted by Crippen LogP contribution is -2.30. The molecule has 33 heavy (non-hydrogen) atoms. The van der Waals surface area contributed by atoms with Gasteiger partial charge in [-0.05, 0) is 54.9 Å². The van der Waals surface area contributed by atoms with E-state index >= 15 is 0 Å². The predicted molar refractivity (Wildman–Crippen MR) is 125 cm³/mol. The van der Waals surface area contributed by atoms with Gasteiger partial charge in [-0.1, -0.05) is 26.8 Å². The Balaban J connectivity index is 1.65. The summed E-state index contributed by atoms with van der Waals surface area (Å²) in [4.78, 5) is 39.5. The molecule has 0 radical (unpaired) electrons. The van der Waals surface area contributed by atoms with Gasteiger partial charge in [0.2, 0.25) is 5.91 Å². The van der Waals surface area contributed by atoms with Crippen molar-refractivity contribution < 1.29 is 19.2 Å². The topological polar surface area (TPSA) is 123 Å². The fraction of sp³-hybridized carbons (Fsp3) is 0.458. The van der Waals surface area contributed by atoms with E-state index in [0.717, 1.165) is 5.56 Å². The lowest BCUT2D eigenvalue weighted by Gasteiger charge is -2.25. The molecule has 0 spiro atoms. The molecule has 1 saturated carbocycles. The van der Waals surface area contributed by atoms with Crippen LogP contribution in [0.25, 0.3) is 0 Å². The monoisotopic (exact) mass is 454 g/mol. The third-order valence-corrected chi connectivity index (χ3v) is 5.99. The zero-order valence-electron chi connectivity index (χ0n) is 19.4. The van der Waals surface area contributed by atoms with Crippen LogP contribution in [0.4, 0.5) is 22.9 Å². The minimum atomic E-state index is -0.425. The number of carbonyl (C=O) groups excluding carboxylic acids is 2. The van der Waals surface area contributed by atoms with Gasteiger partial charge in [0.05, 0.1) is 29.8 Å². The lowest BCUT2D eigenvalue weighted by atomic mass is 9.81. The number of nitro groups is 1. The normalized spacial score (nSPS) is 18.3. The zero-order valence-corrected chi connectivity index (χ0v) is 19.4. The molecule has 1 heterocycles. The standard InChI is InChI=1S/C24H30N4O5/c1-24(2,3)17-9-11-20(28(31)32)19(13-17)26-18-10-12-21(25-14-18)27-22(29)15-5-7-16(8-6-15)23(30)33-4/h9-16,26H,5-8H2,1-4H3,(H,25,27,29). The number of hydrogen-bond donors (Lipinski definition) is 2. The third-order valence-electron chi connectivity index (χ3n) is 5.99. The molecule has 3 rings (SSSR count). The van der Waals surface area contributed by atoms with Gasteiger partial charge in [-0.2, -0.15) is 0 Å². The SMILES string of the molecule is COC(=O)C1CCC(C(=O)Nc2ccc(Nc3cc(C(C)(C)C)ccc3[N+](=O)[O-])cn2)CC1. The molecule has 2 N–H and O–H groups in total. The molecular formula is C24H30N4O5. The van der Waals surface area contributed by atoms with E-state index in [0.29, 0.717) is 42.9 Å². The van der Waals surface area contributed by atoms with Crippen LogP contribution in [0.5, 0.6) is 0 Å². The van der Waals surface area contributed by atoms with Crippen LogP contribution in [-0.4, -0.2) is 28.9 Å². The van der Waals surface area contributed by atoms with Crippen LogP contribution in [0.1, 0.15) is 52.0 Å². The van der Waals surface area contributed by atoms with Crippen molar-refractivity contribution in [3.63, 3.8) is 0 Å². The lowest BCUT2D eigenvalue weighted by molar-refractivity contribution is -0.383. The van der Waals surface area contributed by atoms with Crippen molar-refractivity contribution in [2.45, 2.75) is 51.9 Å². The Morgan fingerprint density at radius 2 is 1.76 bits per heavy atom. The van der Waals surface area contributed by atoms with Gasteiger partial charge in [-0.3, -0.25) is 19.7 Å². The largest absolute Gasteiger partial charge is 0.469 e. The van der Waals surface area contributed by atoms with Gasteiger partial charge in [-0.25, -0.2) is 4.98 Å². The summed E-state index contributed by atoms with van der Waals surface area (Å²) in [6.07, 6.45) is 4.04. The first-order valence-electron chi connectivity index (χ1n) is 11.0. The number of carbonyl (C=O) groups is 2. The maximum atomic E-state index is 12.6. The quantitative estimate of drug-likeness (QED) is 0.359. The Kier molecular flexibility index (Phi) is 7.30. The van der Waals surface area contributed by atoms with Crippen LogP contribution < -0.4 is 10.6 Å². The molecule has 2 aromatic rings. The molecule has 1 aromatic carbocycles. The van der Waals surface area contributed by atoms with E-state index in [9.17, 15) is 19.7 Å². The van der Waals surface area contributed by atoms with Gasteiger partial charge in [-0.15, -0.1) is 0 Å². The number of benzene rings is 1. The summed E-state index contributed by atoms with van der Waals surface area (Å²) < 4.78 is 4.79. The van der Waals surface area contributed by atoms with Crippen LogP contribution >= 0.6 is 0 Å². The number of ether oxygens (including phenoxy) is 1. The summed E-state index contributed by atoms with van der Waals surface area (Å²) >= 11 is 0. The highest BCUT2D eigenvalue weighted by atomic mass is 16.6. The van der Waals surface area contributed by atoms with Crippen molar-refractivity contribution in [2.75, 3.05) is 17.7 Å². The second-order valence-corrected chi connectivity index (χ2v) is 9.36. The van der Waals surface area contributed by atoms with Gasteiger partial charge < -0.3 is 15.4 Å². The van der Waals surface area contributed by atoms with Crippen molar-refractivity contribution in [1.29, 1.82) is 0 Å². The van der Waals surface area contributed by atoms with Crippen molar-refractivity contribution >= 4 is 34.8 Å². The van der Waals surface area contributed by atoms with Gasteiger partial charge in [0.1, 0.15) is 11.5 Å². The van der Waals surface area contributed by atoms with Crippen LogP contribution in [-0.2, 0) is 19.7 Å². The Hall–Kier alpha value is -3.49. The average molecular weight is 455 g/mol. The van der Waals surface area contributed by atoms with Crippen molar-refractivity contribution in [2.24, 2.45) is 11.8 Å². The van der Waals surface area contributed by atoms with E-state index in [1.54, 1.807) is 24.3 Å². The number of methoxy groups -OCH3 is 1. The van der Waals surface area contributed by atoms with E-state index in [2.05, 4.69) is 15.6 Å². The number of amides is 1. The smallest absolute Gasteiger partial charge is 0.308 e. The number of rotatable bonds is 6. The van der Waals surface area contributed by atoms with Crippen LogP contribution in [0.15, 0.2) is 36.5 Å². The zero-order chi connectivity index (χ0) is 24.2. The second kappa shape index (κ2) is 9.97. The van der Waals surface area contributed by atoms with E-state index in [-0.39, 0.29) is 34.8 Å². The van der Waals surface area contributed by atoms with Gasteiger partial charge >= 0.3 is 5.97 Å². The summed E-state index contributed by atoms with van der Waals surface area (Å²) in [6.45, 7) is 6.12. The Morgan fingerprint density at radius 1 is 1.09 bits per heavy atom. The summed E-state index contributed by atoms with van der Waals surface area (Å²) in [7, 11) is 1.38. The Labute approximate surface area is 193 Å². The number of aromatic nitrogens is 1. The molecule has 0 atom stereocenters. The van der Waals surface area contributed by atoms with Crippen LogP contribution in [0, 0.1) is 22.0 Å². The summed E-state index contributed by atoms with van der Waals surface area (Å²) in [5.41, 5.74) is 1.74. The van der Waals surface area contributed by atoms with Crippen molar-refractivity contribution in [3.8, 4) is 0 Å². The third kappa shape index (κ3) is 6.06. The molecule has 1 fully saturated rings. The van der Waals surface area contributed by atoms with Crippen molar-refractivity contribution in [1.82, 2.24) is 4.98 Å². The number of hydrogen-bond acceptors (Lipinski definition) is 7. The number of anilines is 3. The summed E-state index contributed by atoms with van der Waals surface area (Å²) in [5.74, 6) is -0.248. The number of nitro benzene ring substituents is 1. The molecule has 1 amide bonds. The first kappa shape index (κ1) is 24.2. The molecular weight excluding hydrogens is 424 g/mol.